The Morgan fingerprint density at radius 1 is 1.24 bits per heavy atom. The monoisotopic (exact) mass is 376 g/mol. The Kier molecular flexibility index (Phi) is 4.80. The summed E-state index contributed by atoms with van der Waals surface area (Å²) in [5, 5.41) is 4.54. The zero-order valence-corrected chi connectivity index (χ0v) is 15.6. The average molecular weight is 377 g/mol. The first kappa shape index (κ1) is 17.0. The number of carbonyl (C=O) groups excluding carboxylic acids is 1. The minimum atomic E-state index is -0.128. The molecule has 4 heterocycles. The lowest BCUT2D eigenvalue weighted by Gasteiger charge is -2.49. The van der Waals surface area contributed by atoms with Gasteiger partial charge >= 0.3 is 0 Å². The van der Waals surface area contributed by atoms with Crippen molar-refractivity contribution in [2.45, 2.75) is 41.8 Å². The van der Waals surface area contributed by atoms with Crippen LogP contribution in [0.3, 0.4) is 0 Å². The molecule has 4 nitrogen and oxygen atoms in total. The zero-order chi connectivity index (χ0) is 17.4. The fraction of sp³-hybridized carbons (Fsp3) is 0.421. The molecule has 1 aromatic heterocycles. The molecule has 25 heavy (non-hydrogen) atoms. The maximum Gasteiger partial charge on any atom is 0.287 e. The molecule has 1 amide bonds. The topological polar surface area (TPSA) is 45.5 Å². The highest BCUT2D eigenvalue weighted by Crippen LogP contribution is 2.35. The van der Waals surface area contributed by atoms with Gasteiger partial charge < -0.3 is 9.73 Å². The maximum atomic E-state index is 12.6. The van der Waals surface area contributed by atoms with Crippen LogP contribution < -0.4 is 5.32 Å². The molecule has 0 spiro atoms. The van der Waals surface area contributed by atoms with Crippen LogP contribution in [0.25, 0.3) is 0 Å². The summed E-state index contributed by atoms with van der Waals surface area (Å²) in [6.45, 7) is 4.51. The summed E-state index contributed by atoms with van der Waals surface area (Å²) in [5.74, 6) is 0.811. The highest BCUT2D eigenvalue weighted by Gasteiger charge is 2.40. The molecule has 3 saturated heterocycles. The number of amides is 1. The molecule has 3 aliphatic heterocycles. The van der Waals surface area contributed by atoms with E-state index in [1.54, 1.807) is 6.07 Å². The predicted octanol–water partition coefficient (Wildman–Crippen LogP) is 4.30. The van der Waals surface area contributed by atoms with E-state index in [1.165, 1.54) is 24.6 Å². The number of halogens is 1. The number of hydrogen-bond acceptors (Lipinski definition) is 4. The first-order valence-electron chi connectivity index (χ1n) is 8.69. The third kappa shape index (κ3) is 3.46. The van der Waals surface area contributed by atoms with Gasteiger partial charge in [0.05, 0.1) is 5.02 Å². The van der Waals surface area contributed by atoms with Crippen LogP contribution in [0, 0.1) is 5.92 Å². The van der Waals surface area contributed by atoms with Crippen molar-refractivity contribution in [3.8, 4) is 0 Å². The Bertz CT molecular complexity index is 768. The lowest BCUT2D eigenvalue weighted by Crippen LogP contribution is -2.62. The quantitative estimate of drug-likeness (QED) is 0.864. The Hall–Kier alpha value is -1.43. The van der Waals surface area contributed by atoms with Gasteiger partial charge in [0.2, 0.25) is 0 Å². The van der Waals surface area contributed by atoms with Crippen molar-refractivity contribution in [1.82, 2.24) is 10.2 Å². The first-order valence-corrected chi connectivity index (χ1v) is 9.88. The fourth-order valence-electron chi connectivity index (χ4n) is 3.90. The summed E-state index contributed by atoms with van der Waals surface area (Å²) >= 11 is 7.60. The summed E-state index contributed by atoms with van der Waals surface area (Å²) in [6, 6.07) is 11.8. The summed E-state index contributed by atoms with van der Waals surface area (Å²) in [5.41, 5.74) is 0. The van der Waals surface area contributed by atoms with E-state index in [0.717, 1.165) is 18.0 Å². The molecular formula is C19H21ClN2O2S. The van der Waals surface area contributed by atoms with Crippen LogP contribution in [-0.2, 0) is 0 Å². The number of rotatable bonds is 4. The van der Waals surface area contributed by atoms with Gasteiger partial charge in [-0.15, -0.1) is 0 Å². The molecule has 3 aliphatic rings. The molecule has 0 unspecified atom stereocenters. The summed E-state index contributed by atoms with van der Waals surface area (Å²) in [4.78, 5) is 16.0. The predicted molar refractivity (Wildman–Crippen MR) is 99.3 cm³/mol. The first-order chi connectivity index (χ1) is 12.1. The number of nitrogens with zero attached hydrogens (tertiary/aromatic N) is 1. The SMILES string of the molecule is C[C@H]1[C@H](NC(=O)c2ccc(Sc3ccccc3Cl)o2)C2CCN1CC2. The molecule has 2 atom stereocenters. The van der Waals surface area contributed by atoms with Crippen molar-refractivity contribution in [1.29, 1.82) is 0 Å². The van der Waals surface area contributed by atoms with E-state index in [-0.39, 0.29) is 11.9 Å². The number of furan rings is 1. The van der Waals surface area contributed by atoms with Crippen LogP contribution in [0.15, 0.2) is 50.8 Å². The van der Waals surface area contributed by atoms with Gasteiger partial charge in [0.25, 0.3) is 5.91 Å². The van der Waals surface area contributed by atoms with Crippen LogP contribution in [0.5, 0.6) is 0 Å². The van der Waals surface area contributed by atoms with Crippen molar-refractivity contribution >= 4 is 29.3 Å². The fourth-order valence-corrected chi connectivity index (χ4v) is 4.95. The second-order valence-corrected chi connectivity index (χ2v) is 8.22. The van der Waals surface area contributed by atoms with Gasteiger partial charge in [-0.2, -0.15) is 0 Å². The average Bonchev–Trinajstić information content (AvgIpc) is 3.09. The van der Waals surface area contributed by atoms with Gasteiger partial charge in [0.1, 0.15) is 0 Å². The smallest absolute Gasteiger partial charge is 0.287 e. The van der Waals surface area contributed by atoms with Gasteiger partial charge in [-0.1, -0.05) is 35.5 Å². The second kappa shape index (κ2) is 7.06. The molecule has 1 N–H and O–H groups in total. The van der Waals surface area contributed by atoms with Gasteiger partial charge in [-0.05, 0) is 63.0 Å². The molecule has 132 valence electrons. The standard InChI is InChI=1S/C19H21ClN2O2S/c1-12-18(13-8-10-22(12)11-9-13)21-19(23)15-6-7-17(24-15)25-16-5-3-2-4-14(16)20/h2-7,12-13,18H,8-11H2,1H3,(H,21,23)/t12-,18-/m0/s1. The zero-order valence-electron chi connectivity index (χ0n) is 14.1. The van der Waals surface area contributed by atoms with Crippen molar-refractivity contribution in [3.63, 3.8) is 0 Å². The van der Waals surface area contributed by atoms with Gasteiger partial charge in [-0.3, -0.25) is 9.69 Å². The van der Waals surface area contributed by atoms with E-state index in [0.29, 0.717) is 27.8 Å². The van der Waals surface area contributed by atoms with Gasteiger partial charge in [-0.25, -0.2) is 0 Å². The number of fused-ring (bicyclic) bond motifs is 3. The number of carbonyl (C=O) groups is 1. The highest BCUT2D eigenvalue weighted by molar-refractivity contribution is 7.99. The minimum Gasteiger partial charge on any atom is -0.444 e. The molecule has 0 aliphatic carbocycles. The number of piperidine rings is 3. The van der Waals surface area contributed by atoms with Crippen LogP contribution in [-0.4, -0.2) is 36.0 Å². The van der Waals surface area contributed by atoms with E-state index in [2.05, 4.69) is 17.1 Å². The minimum absolute atomic E-state index is 0.128. The normalized spacial score (nSPS) is 28.1. The van der Waals surface area contributed by atoms with Gasteiger partial charge in [0, 0.05) is 17.0 Å². The molecule has 2 bridgehead atoms. The third-order valence-electron chi connectivity index (χ3n) is 5.33. The number of nitrogens with one attached hydrogen (secondary N) is 1. The molecule has 0 radical (unpaired) electrons. The van der Waals surface area contributed by atoms with Crippen molar-refractivity contribution in [2.24, 2.45) is 5.92 Å². The highest BCUT2D eigenvalue weighted by atomic mass is 35.5. The Morgan fingerprint density at radius 3 is 2.72 bits per heavy atom. The van der Waals surface area contributed by atoms with E-state index in [1.807, 2.05) is 30.3 Å². The molecule has 2 aromatic rings. The number of hydrogen-bond donors (Lipinski definition) is 1. The Labute approximate surface area is 156 Å². The van der Waals surface area contributed by atoms with Crippen LogP contribution in [0.4, 0.5) is 0 Å². The lowest BCUT2D eigenvalue weighted by molar-refractivity contribution is 0.0210. The number of benzene rings is 1. The molecular weight excluding hydrogens is 356 g/mol. The summed E-state index contributed by atoms with van der Waals surface area (Å²) < 4.78 is 5.74. The summed E-state index contributed by atoms with van der Waals surface area (Å²) in [6.07, 6.45) is 2.34. The second-order valence-electron chi connectivity index (χ2n) is 6.76. The molecule has 6 heteroatoms. The van der Waals surface area contributed by atoms with Crippen LogP contribution >= 0.6 is 23.4 Å². The molecule has 5 rings (SSSR count). The van der Waals surface area contributed by atoms with E-state index in [9.17, 15) is 4.79 Å². The molecule has 1 aromatic carbocycles. The Balaban J connectivity index is 1.43. The van der Waals surface area contributed by atoms with Crippen molar-refractivity contribution < 1.29 is 9.21 Å². The Morgan fingerprint density at radius 2 is 2.00 bits per heavy atom. The molecule has 0 saturated carbocycles. The van der Waals surface area contributed by atoms with Gasteiger partial charge in [0.15, 0.2) is 10.9 Å². The van der Waals surface area contributed by atoms with Crippen LogP contribution in [0.1, 0.15) is 30.3 Å². The van der Waals surface area contributed by atoms with E-state index < -0.39 is 0 Å². The maximum absolute atomic E-state index is 12.6. The van der Waals surface area contributed by atoms with Crippen molar-refractivity contribution in [3.05, 3.63) is 47.2 Å². The largest absolute Gasteiger partial charge is 0.444 e. The van der Waals surface area contributed by atoms with Crippen molar-refractivity contribution in [2.75, 3.05) is 13.1 Å². The summed E-state index contributed by atoms with van der Waals surface area (Å²) in [7, 11) is 0. The lowest BCUT2D eigenvalue weighted by atomic mass is 9.79. The van der Waals surface area contributed by atoms with E-state index >= 15 is 0 Å². The third-order valence-corrected chi connectivity index (χ3v) is 6.77. The van der Waals surface area contributed by atoms with E-state index in [4.69, 9.17) is 16.0 Å². The van der Waals surface area contributed by atoms with Crippen LogP contribution in [0.2, 0.25) is 5.02 Å². The molecule has 3 fully saturated rings.